The number of carbonyl (C=O) groups excluding carboxylic acids is 2. The summed E-state index contributed by atoms with van der Waals surface area (Å²) in [6.07, 6.45) is 0.456. The van der Waals surface area contributed by atoms with Gasteiger partial charge in [0.1, 0.15) is 5.70 Å². The lowest BCUT2D eigenvalue weighted by Gasteiger charge is -2.32. The Kier molecular flexibility index (Phi) is 6.42. The molecule has 0 spiro atoms. The summed E-state index contributed by atoms with van der Waals surface area (Å²) in [6, 6.07) is 23.7. The van der Waals surface area contributed by atoms with E-state index in [2.05, 4.69) is 0 Å². The molecule has 0 aromatic heterocycles. The molecule has 0 fully saturated rings. The lowest BCUT2D eigenvalue weighted by Crippen LogP contribution is -2.39. The van der Waals surface area contributed by atoms with Crippen LogP contribution in [0.1, 0.15) is 34.8 Å². The zero-order valence-electron chi connectivity index (χ0n) is 18.1. The second-order valence-corrected chi connectivity index (χ2v) is 9.41. The number of sulfonamides is 1. The minimum absolute atomic E-state index is 0.00516. The first-order valence-corrected chi connectivity index (χ1v) is 12.1. The van der Waals surface area contributed by atoms with E-state index >= 15 is 0 Å². The summed E-state index contributed by atoms with van der Waals surface area (Å²) >= 11 is 0. The molecule has 0 unspecified atom stereocenters. The van der Waals surface area contributed by atoms with Crippen molar-refractivity contribution in [3.63, 3.8) is 0 Å². The fraction of sp³-hybridized carbons (Fsp3) is 0.154. The van der Waals surface area contributed by atoms with Gasteiger partial charge in [-0.05, 0) is 24.1 Å². The highest BCUT2D eigenvalue weighted by Crippen LogP contribution is 2.39. The van der Waals surface area contributed by atoms with Crippen molar-refractivity contribution in [2.45, 2.75) is 24.7 Å². The number of rotatable bonds is 7. The number of benzene rings is 3. The molecule has 168 valence electrons. The van der Waals surface area contributed by atoms with Crippen molar-refractivity contribution in [2.24, 2.45) is 0 Å². The van der Waals surface area contributed by atoms with Crippen LogP contribution in [0.4, 0.5) is 0 Å². The third-order valence-corrected chi connectivity index (χ3v) is 7.11. The molecule has 0 radical (unpaired) electrons. The van der Waals surface area contributed by atoms with Crippen molar-refractivity contribution in [1.29, 1.82) is 0 Å². The number of hydrogen-bond donors (Lipinski definition) is 0. The van der Waals surface area contributed by atoms with Gasteiger partial charge in [-0.1, -0.05) is 79.7 Å². The minimum atomic E-state index is -4.01. The largest absolute Gasteiger partial charge is 0.423 e. The number of Topliss-reactive ketones (excluding diaryl/α,β-unsaturated/α-hetero) is 1. The van der Waals surface area contributed by atoms with Gasteiger partial charge in [0.05, 0.1) is 11.3 Å². The molecule has 1 aliphatic rings. The van der Waals surface area contributed by atoms with Crippen LogP contribution in [0.3, 0.4) is 0 Å². The molecule has 3 aromatic carbocycles. The molecule has 0 saturated carbocycles. The van der Waals surface area contributed by atoms with E-state index in [1.807, 2.05) is 25.1 Å². The van der Waals surface area contributed by atoms with E-state index in [9.17, 15) is 18.0 Å². The van der Waals surface area contributed by atoms with Gasteiger partial charge >= 0.3 is 5.97 Å². The summed E-state index contributed by atoms with van der Waals surface area (Å²) in [7, 11) is -4.01. The normalized spacial score (nSPS) is 14.5. The van der Waals surface area contributed by atoms with Crippen LogP contribution in [-0.4, -0.2) is 31.0 Å². The van der Waals surface area contributed by atoms with E-state index in [-0.39, 0.29) is 34.9 Å². The highest BCUT2D eigenvalue weighted by molar-refractivity contribution is 7.89. The average molecular weight is 462 g/mol. The van der Waals surface area contributed by atoms with Crippen LogP contribution >= 0.6 is 0 Å². The fourth-order valence-electron chi connectivity index (χ4n) is 3.75. The highest BCUT2D eigenvalue weighted by atomic mass is 32.2. The summed E-state index contributed by atoms with van der Waals surface area (Å²) in [5, 5.41) is 0. The number of ether oxygens (including phenoxy) is 1. The third kappa shape index (κ3) is 4.45. The molecule has 3 aromatic rings. The molecule has 1 aliphatic heterocycles. The number of hydrogen-bond acceptors (Lipinski definition) is 5. The van der Waals surface area contributed by atoms with Gasteiger partial charge in [0.2, 0.25) is 5.78 Å². The molecule has 33 heavy (non-hydrogen) atoms. The average Bonchev–Trinajstić information content (AvgIpc) is 2.83. The van der Waals surface area contributed by atoms with Crippen molar-refractivity contribution in [3.8, 4) is 0 Å². The molecule has 4 rings (SSSR count). The maximum absolute atomic E-state index is 13.6. The third-order valence-electron chi connectivity index (χ3n) is 5.25. The molecule has 7 heteroatoms. The summed E-state index contributed by atoms with van der Waals surface area (Å²) in [6.45, 7) is 1.89. The van der Waals surface area contributed by atoms with Crippen LogP contribution < -0.4 is 0 Å². The van der Waals surface area contributed by atoms with Crippen molar-refractivity contribution >= 4 is 27.5 Å². The van der Waals surface area contributed by atoms with E-state index in [0.29, 0.717) is 12.0 Å². The van der Waals surface area contributed by atoms with Crippen LogP contribution in [0.25, 0.3) is 5.76 Å². The molecule has 1 heterocycles. The van der Waals surface area contributed by atoms with Crippen LogP contribution in [0, 0.1) is 0 Å². The lowest BCUT2D eigenvalue weighted by atomic mass is 10.0. The summed E-state index contributed by atoms with van der Waals surface area (Å²) in [5.41, 5.74) is 1.11. The Morgan fingerprint density at radius 3 is 2.12 bits per heavy atom. The number of ketones is 1. The number of nitrogens with zero attached hydrogens (tertiary/aromatic N) is 1. The molecular formula is C26H23NO5S. The number of fused-ring (bicyclic) bond motifs is 1. The quantitative estimate of drug-likeness (QED) is 0.384. The van der Waals surface area contributed by atoms with Crippen molar-refractivity contribution in [2.75, 3.05) is 6.54 Å². The molecule has 0 aliphatic carbocycles. The smallest absolute Gasteiger partial charge is 0.315 e. The standard InChI is InChI=1S/C26H23NO5S/c1-2-17-27-24(25(29)20-13-7-4-8-14-20)26(21-15-9-10-16-22(21)33(27,30)31)32-23(28)18-19-11-5-3-6-12-19/h3-16H,2,17-18H2,1H3. The van der Waals surface area contributed by atoms with E-state index in [0.717, 1.165) is 9.87 Å². The first-order valence-electron chi connectivity index (χ1n) is 10.6. The summed E-state index contributed by atoms with van der Waals surface area (Å²) < 4.78 is 33.7. The fourth-order valence-corrected chi connectivity index (χ4v) is 5.51. The molecule has 0 saturated heterocycles. The van der Waals surface area contributed by atoms with Gasteiger partial charge in [-0.15, -0.1) is 0 Å². The monoisotopic (exact) mass is 461 g/mol. The Balaban J connectivity index is 1.88. The SMILES string of the molecule is CCCN1C(C(=O)c2ccccc2)=C(OC(=O)Cc2ccccc2)c2ccccc2S1(=O)=O. The van der Waals surface area contributed by atoms with E-state index in [1.165, 1.54) is 6.07 Å². The van der Waals surface area contributed by atoms with Crippen molar-refractivity contribution < 1.29 is 22.7 Å². The Hall–Kier alpha value is -3.71. The van der Waals surface area contributed by atoms with E-state index in [1.54, 1.807) is 60.7 Å². The van der Waals surface area contributed by atoms with Gasteiger partial charge in [-0.2, -0.15) is 0 Å². The molecule has 0 N–H and O–H groups in total. The Morgan fingerprint density at radius 2 is 1.45 bits per heavy atom. The summed E-state index contributed by atoms with van der Waals surface area (Å²) in [4.78, 5) is 26.5. The predicted octanol–water partition coefficient (Wildman–Crippen LogP) is 4.44. The number of carbonyl (C=O) groups is 2. The second-order valence-electron chi connectivity index (χ2n) is 7.58. The zero-order chi connectivity index (χ0) is 23.4. The van der Waals surface area contributed by atoms with Gasteiger partial charge in [-0.25, -0.2) is 8.42 Å². The Bertz CT molecular complexity index is 1320. The van der Waals surface area contributed by atoms with E-state index in [4.69, 9.17) is 4.74 Å². The molecular weight excluding hydrogens is 438 g/mol. The maximum atomic E-state index is 13.6. The predicted molar refractivity (Wildman–Crippen MR) is 125 cm³/mol. The lowest BCUT2D eigenvalue weighted by molar-refractivity contribution is -0.136. The number of allylic oxidation sites excluding steroid dienone is 1. The Morgan fingerprint density at radius 1 is 0.848 bits per heavy atom. The zero-order valence-corrected chi connectivity index (χ0v) is 18.9. The van der Waals surface area contributed by atoms with Crippen LogP contribution in [-0.2, 0) is 26.0 Å². The van der Waals surface area contributed by atoms with Gasteiger partial charge in [0, 0.05) is 17.7 Å². The van der Waals surface area contributed by atoms with Gasteiger partial charge in [0.25, 0.3) is 10.0 Å². The molecule has 6 nitrogen and oxygen atoms in total. The second kappa shape index (κ2) is 9.42. The van der Waals surface area contributed by atoms with Crippen LogP contribution in [0.2, 0.25) is 0 Å². The topological polar surface area (TPSA) is 80.8 Å². The molecule has 0 amide bonds. The first kappa shape index (κ1) is 22.5. The minimum Gasteiger partial charge on any atom is -0.423 e. The van der Waals surface area contributed by atoms with Crippen LogP contribution in [0.5, 0.6) is 0 Å². The first-order chi connectivity index (χ1) is 15.9. The van der Waals surface area contributed by atoms with E-state index < -0.39 is 21.8 Å². The molecule has 0 atom stereocenters. The Labute approximate surface area is 193 Å². The van der Waals surface area contributed by atoms with Gasteiger partial charge < -0.3 is 4.74 Å². The summed E-state index contributed by atoms with van der Waals surface area (Å²) in [5.74, 6) is -1.14. The highest BCUT2D eigenvalue weighted by Gasteiger charge is 2.41. The molecule has 0 bridgehead atoms. The maximum Gasteiger partial charge on any atom is 0.315 e. The number of esters is 1. The van der Waals surface area contributed by atoms with Gasteiger partial charge in [0.15, 0.2) is 5.76 Å². The van der Waals surface area contributed by atoms with Gasteiger partial charge in [-0.3, -0.25) is 13.9 Å². The van der Waals surface area contributed by atoms with Crippen molar-refractivity contribution in [3.05, 3.63) is 107 Å². The van der Waals surface area contributed by atoms with Crippen LogP contribution in [0.15, 0.2) is 95.5 Å². The van der Waals surface area contributed by atoms with Crippen molar-refractivity contribution in [1.82, 2.24) is 4.31 Å².